The Labute approximate surface area is 171 Å². The van der Waals surface area contributed by atoms with Gasteiger partial charge in [-0.15, -0.1) is 11.3 Å². The molecule has 1 heterocycles. The van der Waals surface area contributed by atoms with E-state index in [1.165, 1.54) is 17.4 Å². The van der Waals surface area contributed by atoms with E-state index < -0.39 is 5.91 Å². The van der Waals surface area contributed by atoms with E-state index in [0.29, 0.717) is 22.9 Å². The van der Waals surface area contributed by atoms with E-state index in [-0.39, 0.29) is 12.3 Å². The Bertz CT molecular complexity index is 990. The summed E-state index contributed by atoms with van der Waals surface area (Å²) in [7, 11) is 0. The van der Waals surface area contributed by atoms with Crippen LogP contribution in [0.4, 0.5) is 0 Å². The van der Waals surface area contributed by atoms with Crippen molar-refractivity contribution in [3.05, 3.63) is 70.2 Å². The van der Waals surface area contributed by atoms with Crippen molar-refractivity contribution >= 4 is 34.8 Å². The molecule has 2 amide bonds. The van der Waals surface area contributed by atoms with Crippen LogP contribution in [-0.2, 0) is 11.2 Å². The van der Waals surface area contributed by atoms with Crippen molar-refractivity contribution in [2.75, 3.05) is 6.61 Å². The molecular formula is C20H18ClN3O3S. The number of nitrogens with one attached hydrogen (secondary N) is 2. The number of halogens is 1. The molecule has 0 saturated heterocycles. The molecule has 2 aromatic carbocycles. The summed E-state index contributed by atoms with van der Waals surface area (Å²) in [5, 5.41) is 3.03. The summed E-state index contributed by atoms with van der Waals surface area (Å²) in [6.45, 7) is 2.48. The number of hydrogen-bond donors (Lipinski definition) is 2. The van der Waals surface area contributed by atoms with Crippen LogP contribution in [-0.4, -0.2) is 23.4 Å². The quantitative estimate of drug-likeness (QED) is 0.599. The lowest BCUT2D eigenvalue weighted by molar-refractivity contribution is -0.121. The predicted molar refractivity (Wildman–Crippen MR) is 109 cm³/mol. The van der Waals surface area contributed by atoms with E-state index in [0.717, 1.165) is 16.3 Å². The molecule has 0 fully saturated rings. The van der Waals surface area contributed by atoms with Crippen LogP contribution in [0.1, 0.15) is 23.0 Å². The van der Waals surface area contributed by atoms with Gasteiger partial charge in [0.05, 0.1) is 24.3 Å². The Hall–Kier alpha value is -2.90. The highest BCUT2D eigenvalue weighted by atomic mass is 35.5. The number of benzene rings is 2. The van der Waals surface area contributed by atoms with Crippen LogP contribution in [0.5, 0.6) is 5.75 Å². The highest BCUT2D eigenvalue weighted by molar-refractivity contribution is 7.13. The van der Waals surface area contributed by atoms with E-state index in [9.17, 15) is 9.59 Å². The van der Waals surface area contributed by atoms with Gasteiger partial charge < -0.3 is 4.74 Å². The molecule has 0 aliphatic rings. The van der Waals surface area contributed by atoms with Gasteiger partial charge in [-0.05, 0) is 37.3 Å². The fourth-order valence-electron chi connectivity index (χ4n) is 2.47. The summed E-state index contributed by atoms with van der Waals surface area (Å²) in [6.07, 6.45) is 0.0448. The molecule has 0 unspecified atom stereocenters. The molecule has 3 aromatic rings. The molecular weight excluding hydrogens is 398 g/mol. The molecule has 0 atom stereocenters. The van der Waals surface area contributed by atoms with E-state index in [2.05, 4.69) is 15.8 Å². The first-order chi connectivity index (χ1) is 13.6. The minimum absolute atomic E-state index is 0.0448. The fourth-order valence-corrected chi connectivity index (χ4v) is 3.51. The van der Waals surface area contributed by atoms with Gasteiger partial charge in [-0.2, -0.15) is 0 Å². The number of ether oxygens (including phenoxy) is 1. The smallest absolute Gasteiger partial charge is 0.269 e. The van der Waals surface area contributed by atoms with Crippen LogP contribution in [0.3, 0.4) is 0 Å². The van der Waals surface area contributed by atoms with Gasteiger partial charge in [-0.1, -0.05) is 29.8 Å². The maximum absolute atomic E-state index is 12.1. The van der Waals surface area contributed by atoms with Crippen LogP contribution in [0.2, 0.25) is 5.02 Å². The normalized spacial score (nSPS) is 10.4. The van der Waals surface area contributed by atoms with Gasteiger partial charge in [-0.3, -0.25) is 20.4 Å². The SMILES string of the molecule is CCOc1ccccc1-c1nc(CC(=O)NNC(=O)c2cccc(Cl)c2)cs1. The van der Waals surface area contributed by atoms with Crippen molar-refractivity contribution in [2.24, 2.45) is 0 Å². The molecule has 0 spiro atoms. The first-order valence-corrected chi connectivity index (χ1v) is 9.84. The van der Waals surface area contributed by atoms with Crippen LogP contribution < -0.4 is 15.6 Å². The third-order valence-electron chi connectivity index (χ3n) is 3.71. The summed E-state index contributed by atoms with van der Waals surface area (Å²) < 4.78 is 5.63. The molecule has 144 valence electrons. The second kappa shape index (κ2) is 9.34. The topological polar surface area (TPSA) is 80.3 Å². The van der Waals surface area contributed by atoms with Crippen LogP contribution in [0.25, 0.3) is 10.6 Å². The standard InChI is InChI=1S/C20H18ClN3O3S/c1-2-27-17-9-4-3-8-16(17)20-22-15(12-28-20)11-18(25)23-24-19(26)13-6-5-7-14(21)10-13/h3-10,12H,2,11H2,1H3,(H,23,25)(H,24,26). The van der Waals surface area contributed by atoms with Gasteiger partial charge in [0.1, 0.15) is 10.8 Å². The summed E-state index contributed by atoms with van der Waals surface area (Å²) in [6, 6.07) is 14.1. The van der Waals surface area contributed by atoms with Gasteiger partial charge in [-0.25, -0.2) is 4.98 Å². The van der Waals surface area contributed by atoms with E-state index in [1.807, 2.05) is 36.6 Å². The lowest BCUT2D eigenvalue weighted by Crippen LogP contribution is -2.42. The van der Waals surface area contributed by atoms with E-state index >= 15 is 0 Å². The zero-order chi connectivity index (χ0) is 19.9. The molecule has 28 heavy (non-hydrogen) atoms. The highest BCUT2D eigenvalue weighted by Gasteiger charge is 2.13. The minimum Gasteiger partial charge on any atom is -0.493 e. The van der Waals surface area contributed by atoms with Crippen molar-refractivity contribution in [2.45, 2.75) is 13.3 Å². The Kier molecular flexibility index (Phi) is 6.62. The third-order valence-corrected chi connectivity index (χ3v) is 4.87. The molecule has 0 bridgehead atoms. The second-order valence-corrected chi connectivity index (χ2v) is 7.06. The number of para-hydroxylation sites is 1. The minimum atomic E-state index is -0.444. The predicted octanol–water partition coefficient (Wildman–Crippen LogP) is 3.87. The Morgan fingerprint density at radius 2 is 1.96 bits per heavy atom. The number of rotatable bonds is 6. The molecule has 0 aliphatic carbocycles. The molecule has 8 heteroatoms. The number of hydrogen-bond acceptors (Lipinski definition) is 5. The molecule has 1 aromatic heterocycles. The fraction of sp³-hybridized carbons (Fsp3) is 0.150. The number of nitrogens with zero attached hydrogens (tertiary/aromatic N) is 1. The van der Waals surface area contributed by atoms with Crippen molar-refractivity contribution in [3.63, 3.8) is 0 Å². The number of carbonyl (C=O) groups excluding carboxylic acids is 2. The van der Waals surface area contributed by atoms with Crippen molar-refractivity contribution < 1.29 is 14.3 Å². The lowest BCUT2D eigenvalue weighted by Gasteiger charge is -2.07. The Balaban J connectivity index is 1.59. The zero-order valence-corrected chi connectivity index (χ0v) is 16.6. The van der Waals surface area contributed by atoms with Gasteiger partial charge in [0, 0.05) is 16.0 Å². The Morgan fingerprint density at radius 3 is 2.75 bits per heavy atom. The van der Waals surface area contributed by atoms with Crippen LogP contribution >= 0.6 is 22.9 Å². The Morgan fingerprint density at radius 1 is 1.14 bits per heavy atom. The molecule has 6 nitrogen and oxygen atoms in total. The second-order valence-electron chi connectivity index (χ2n) is 5.76. The number of amides is 2. The van der Waals surface area contributed by atoms with Crippen molar-refractivity contribution in [3.8, 4) is 16.3 Å². The van der Waals surface area contributed by atoms with Crippen molar-refractivity contribution in [1.29, 1.82) is 0 Å². The zero-order valence-electron chi connectivity index (χ0n) is 15.1. The van der Waals surface area contributed by atoms with Crippen LogP contribution in [0.15, 0.2) is 53.9 Å². The van der Waals surface area contributed by atoms with Gasteiger partial charge in [0.2, 0.25) is 5.91 Å². The number of aromatic nitrogens is 1. The average Bonchev–Trinajstić information content (AvgIpc) is 3.15. The molecule has 0 saturated carbocycles. The van der Waals surface area contributed by atoms with Gasteiger partial charge >= 0.3 is 0 Å². The number of hydrazine groups is 1. The summed E-state index contributed by atoms with van der Waals surface area (Å²) in [4.78, 5) is 28.7. The van der Waals surface area contributed by atoms with Gasteiger partial charge in [0.25, 0.3) is 5.91 Å². The molecule has 0 aliphatic heterocycles. The maximum atomic E-state index is 12.1. The monoisotopic (exact) mass is 415 g/mol. The molecule has 2 N–H and O–H groups in total. The highest BCUT2D eigenvalue weighted by Crippen LogP contribution is 2.32. The maximum Gasteiger partial charge on any atom is 0.269 e. The summed E-state index contributed by atoms with van der Waals surface area (Å²) >= 11 is 7.29. The van der Waals surface area contributed by atoms with Crippen LogP contribution in [0, 0.1) is 0 Å². The van der Waals surface area contributed by atoms with Gasteiger partial charge in [0.15, 0.2) is 0 Å². The van der Waals surface area contributed by atoms with E-state index in [1.54, 1.807) is 18.2 Å². The van der Waals surface area contributed by atoms with Crippen molar-refractivity contribution in [1.82, 2.24) is 15.8 Å². The molecule has 0 radical (unpaired) electrons. The number of carbonyl (C=O) groups is 2. The lowest BCUT2D eigenvalue weighted by atomic mass is 10.2. The summed E-state index contributed by atoms with van der Waals surface area (Å²) in [5.74, 6) is -0.0603. The summed E-state index contributed by atoms with van der Waals surface area (Å²) in [5.41, 5.74) is 6.61. The number of thiazole rings is 1. The first kappa shape index (κ1) is 19.9. The largest absolute Gasteiger partial charge is 0.493 e. The van der Waals surface area contributed by atoms with E-state index in [4.69, 9.17) is 16.3 Å². The third kappa shape index (κ3) is 5.09. The molecule has 3 rings (SSSR count). The first-order valence-electron chi connectivity index (χ1n) is 8.58. The average molecular weight is 416 g/mol.